The van der Waals surface area contributed by atoms with Gasteiger partial charge in [0.15, 0.2) is 6.61 Å². The largest absolute Gasteiger partial charge is 0.481 e. The molecule has 0 unspecified atom stereocenters. The van der Waals surface area contributed by atoms with Gasteiger partial charge in [-0.1, -0.05) is 22.0 Å². The molecule has 0 aromatic heterocycles. The van der Waals surface area contributed by atoms with Gasteiger partial charge in [-0.3, -0.25) is 0 Å². The van der Waals surface area contributed by atoms with Gasteiger partial charge in [-0.05, 0) is 77.7 Å². The summed E-state index contributed by atoms with van der Waals surface area (Å²) in [5.41, 5.74) is 2.91. The Kier molecular flexibility index (Phi) is 5.64. The van der Waals surface area contributed by atoms with Crippen LogP contribution < -0.4 is 9.47 Å². The van der Waals surface area contributed by atoms with Crippen molar-refractivity contribution in [3.8, 4) is 11.5 Å². The van der Waals surface area contributed by atoms with E-state index in [-0.39, 0.29) is 6.61 Å². The van der Waals surface area contributed by atoms with Crippen molar-refractivity contribution in [3.05, 3.63) is 56.0 Å². The molecule has 0 bridgehead atoms. The molecule has 2 rings (SSSR count). The summed E-state index contributed by atoms with van der Waals surface area (Å²) >= 11 is 6.83. The Bertz CT molecular complexity index is 688. The summed E-state index contributed by atoms with van der Waals surface area (Å²) in [6.45, 7) is 5.65. The second kappa shape index (κ2) is 7.29. The predicted octanol–water partition coefficient (Wildman–Crippen LogP) is 5.12. The smallest absolute Gasteiger partial charge is 0.349 e. The first-order valence-electron chi connectivity index (χ1n) is 6.73. The fourth-order valence-corrected chi connectivity index (χ4v) is 3.36. The van der Waals surface area contributed by atoms with Gasteiger partial charge in [-0.15, -0.1) is 0 Å². The molecule has 0 aliphatic rings. The van der Waals surface area contributed by atoms with Gasteiger partial charge in [0, 0.05) is 4.47 Å². The molecule has 0 aliphatic carbocycles. The molecule has 0 atom stereocenters. The van der Waals surface area contributed by atoms with Crippen LogP contribution in [0.5, 0.6) is 11.5 Å². The van der Waals surface area contributed by atoms with Gasteiger partial charge in [0.05, 0.1) is 4.47 Å². The molecule has 0 heterocycles. The molecule has 2 aromatic rings. The van der Waals surface area contributed by atoms with E-state index in [1.165, 1.54) is 0 Å². The number of hydrogen-bond acceptors (Lipinski definition) is 3. The van der Waals surface area contributed by atoms with Crippen LogP contribution >= 0.6 is 31.9 Å². The van der Waals surface area contributed by atoms with E-state index in [2.05, 4.69) is 31.9 Å². The number of aryl methyl sites for hydroxylation is 3. The first kappa shape index (κ1) is 17.0. The van der Waals surface area contributed by atoms with Crippen molar-refractivity contribution in [1.82, 2.24) is 0 Å². The van der Waals surface area contributed by atoms with E-state index < -0.39 is 5.97 Å². The monoisotopic (exact) mass is 426 g/mol. The highest BCUT2D eigenvalue weighted by Crippen LogP contribution is 2.28. The zero-order chi connectivity index (χ0) is 16.3. The predicted molar refractivity (Wildman–Crippen MR) is 93.6 cm³/mol. The molecule has 0 spiro atoms. The topological polar surface area (TPSA) is 35.5 Å². The fraction of sp³-hybridized carbons (Fsp3) is 0.235. The summed E-state index contributed by atoms with van der Waals surface area (Å²) in [6.07, 6.45) is 0. The Hall–Kier alpha value is -1.33. The number of carbonyl (C=O) groups excluding carboxylic acids is 1. The van der Waals surface area contributed by atoms with E-state index in [0.29, 0.717) is 11.5 Å². The molecule has 0 fully saturated rings. The van der Waals surface area contributed by atoms with E-state index >= 15 is 0 Å². The summed E-state index contributed by atoms with van der Waals surface area (Å²) < 4.78 is 12.7. The van der Waals surface area contributed by atoms with Crippen molar-refractivity contribution in [3.63, 3.8) is 0 Å². The zero-order valence-electron chi connectivity index (χ0n) is 12.6. The SMILES string of the molecule is Cc1ccc(OCC(=O)Oc2c(C)cc(Br)cc2C)c(Br)c1. The van der Waals surface area contributed by atoms with Gasteiger partial charge in [-0.25, -0.2) is 4.79 Å². The third-order valence-corrected chi connectivity index (χ3v) is 4.15. The molecular formula is C17H16Br2O3. The second-order valence-corrected chi connectivity index (χ2v) is 6.84. The summed E-state index contributed by atoms with van der Waals surface area (Å²) in [5, 5.41) is 0. The van der Waals surface area contributed by atoms with Gasteiger partial charge in [-0.2, -0.15) is 0 Å². The lowest BCUT2D eigenvalue weighted by molar-refractivity contribution is -0.136. The third-order valence-electron chi connectivity index (χ3n) is 3.07. The Balaban J connectivity index is 2.02. The minimum absolute atomic E-state index is 0.142. The molecule has 0 N–H and O–H groups in total. The summed E-state index contributed by atoms with van der Waals surface area (Å²) in [6, 6.07) is 9.50. The number of ether oxygens (including phenoxy) is 2. The second-order valence-electron chi connectivity index (χ2n) is 5.07. The third kappa shape index (κ3) is 4.34. The van der Waals surface area contributed by atoms with E-state index in [1.807, 2.05) is 51.1 Å². The minimum Gasteiger partial charge on any atom is -0.481 e. The molecule has 0 radical (unpaired) electrons. The molecule has 0 amide bonds. The molecule has 0 saturated heterocycles. The van der Waals surface area contributed by atoms with E-state index in [4.69, 9.17) is 9.47 Å². The van der Waals surface area contributed by atoms with Gasteiger partial charge in [0.2, 0.25) is 0 Å². The fourth-order valence-electron chi connectivity index (χ4n) is 2.06. The number of halogens is 2. The molecule has 5 heteroatoms. The Morgan fingerprint density at radius 1 is 1.05 bits per heavy atom. The highest BCUT2D eigenvalue weighted by atomic mass is 79.9. The van der Waals surface area contributed by atoms with Crippen molar-refractivity contribution in [2.24, 2.45) is 0 Å². The Morgan fingerprint density at radius 2 is 1.68 bits per heavy atom. The van der Waals surface area contributed by atoms with Crippen LogP contribution in [0.2, 0.25) is 0 Å². The maximum atomic E-state index is 12.0. The Morgan fingerprint density at radius 3 is 2.27 bits per heavy atom. The van der Waals surface area contributed by atoms with Gasteiger partial charge in [0.1, 0.15) is 11.5 Å². The lowest BCUT2D eigenvalue weighted by Gasteiger charge is -2.12. The molecule has 116 valence electrons. The normalized spacial score (nSPS) is 10.4. The lowest BCUT2D eigenvalue weighted by atomic mass is 10.1. The molecule has 3 nitrogen and oxygen atoms in total. The van der Waals surface area contributed by atoms with Crippen molar-refractivity contribution >= 4 is 37.8 Å². The Labute approximate surface area is 146 Å². The number of rotatable bonds is 4. The van der Waals surface area contributed by atoms with Crippen LogP contribution in [0.25, 0.3) is 0 Å². The van der Waals surface area contributed by atoms with Crippen LogP contribution in [-0.4, -0.2) is 12.6 Å². The first-order chi connectivity index (χ1) is 10.4. The molecular weight excluding hydrogens is 412 g/mol. The van der Waals surface area contributed by atoms with Crippen LogP contribution in [0, 0.1) is 20.8 Å². The summed E-state index contributed by atoms with van der Waals surface area (Å²) in [5.74, 6) is 0.771. The average Bonchev–Trinajstić information content (AvgIpc) is 2.42. The van der Waals surface area contributed by atoms with E-state index in [1.54, 1.807) is 0 Å². The van der Waals surface area contributed by atoms with Crippen molar-refractivity contribution in [1.29, 1.82) is 0 Å². The van der Waals surface area contributed by atoms with E-state index in [0.717, 1.165) is 25.6 Å². The standard InChI is InChI=1S/C17H16Br2O3/c1-10-4-5-15(14(19)6-10)21-9-16(20)22-17-11(2)7-13(18)8-12(17)3/h4-8H,9H2,1-3H3. The molecule has 0 aliphatic heterocycles. The van der Waals surface area contributed by atoms with Crippen LogP contribution in [0.15, 0.2) is 39.3 Å². The maximum absolute atomic E-state index is 12.0. The van der Waals surface area contributed by atoms with Crippen LogP contribution in [0.4, 0.5) is 0 Å². The van der Waals surface area contributed by atoms with Crippen LogP contribution in [0.3, 0.4) is 0 Å². The van der Waals surface area contributed by atoms with Crippen molar-refractivity contribution < 1.29 is 14.3 Å². The van der Waals surface area contributed by atoms with Gasteiger partial charge >= 0.3 is 5.97 Å². The number of carbonyl (C=O) groups is 1. The van der Waals surface area contributed by atoms with Gasteiger partial charge in [0.25, 0.3) is 0 Å². The molecule has 0 saturated carbocycles. The molecule has 22 heavy (non-hydrogen) atoms. The lowest BCUT2D eigenvalue weighted by Crippen LogP contribution is -2.18. The van der Waals surface area contributed by atoms with Crippen molar-refractivity contribution in [2.75, 3.05) is 6.61 Å². The zero-order valence-corrected chi connectivity index (χ0v) is 15.7. The number of esters is 1. The first-order valence-corrected chi connectivity index (χ1v) is 8.32. The number of benzene rings is 2. The van der Waals surface area contributed by atoms with Crippen LogP contribution in [-0.2, 0) is 4.79 Å². The minimum atomic E-state index is -0.430. The maximum Gasteiger partial charge on any atom is 0.349 e. The van der Waals surface area contributed by atoms with Gasteiger partial charge < -0.3 is 9.47 Å². The van der Waals surface area contributed by atoms with E-state index in [9.17, 15) is 4.79 Å². The average molecular weight is 428 g/mol. The highest BCUT2D eigenvalue weighted by molar-refractivity contribution is 9.10. The summed E-state index contributed by atoms with van der Waals surface area (Å²) in [4.78, 5) is 12.0. The van der Waals surface area contributed by atoms with Crippen LogP contribution in [0.1, 0.15) is 16.7 Å². The molecule has 2 aromatic carbocycles. The van der Waals surface area contributed by atoms with Crippen molar-refractivity contribution in [2.45, 2.75) is 20.8 Å². The quantitative estimate of drug-likeness (QED) is 0.501. The summed E-state index contributed by atoms with van der Waals surface area (Å²) in [7, 11) is 0. The number of hydrogen-bond donors (Lipinski definition) is 0. The highest BCUT2D eigenvalue weighted by Gasteiger charge is 2.12.